The van der Waals surface area contributed by atoms with Gasteiger partial charge in [-0.15, -0.1) is 0 Å². The van der Waals surface area contributed by atoms with Crippen molar-refractivity contribution >= 4 is 0 Å². The minimum atomic E-state index is 0.467. The van der Waals surface area contributed by atoms with Gasteiger partial charge in [-0.2, -0.15) is 0 Å². The summed E-state index contributed by atoms with van der Waals surface area (Å²) in [6.07, 6.45) is 6.59. The van der Waals surface area contributed by atoms with Crippen molar-refractivity contribution in [3.05, 3.63) is 29.8 Å². The quantitative estimate of drug-likeness (QED) is 0.861. The monoisotopic (exact) mass is 247 g/mol. The van der Waals surface area contributed by atoms with Crippen LogP contribution in [0.1, 0.15) is 38.2 Å². The normalized spacial score (nSPS) is 19.7. The molecule has 0 bridgehead atoms. The summed E-state index contributed by atoms with van der Waals surface area (Å²) in [4.78, 5) is 0. The van der Waals surface area contributed by atoms with E-state index in [-0.39, 0.29) is 0 Å². The van der Waals surface area contributed by atoms with E-state index in [4.69, 9.17) is 4.74 Å². The highest BCUT2D eigenvalue weighted by molar-refractivity contribution is 5.28. The van der Waals surface area contributed by atoms with Gasteiger partial charge in [0.2, 0.25) is 0 Å². The summed E-state index contributed by atoms with van der Waals surface area (Å²) in [5.74, 6) is 0.937. The van der Waals surface area contributed by atoms with E-state index in [1.165, 1.54) is 31.2 Å². The molecule has 0 saturated heterocycles. The van der Waals surface area contributed by atoms with Crippen LogP contribution in [-0.4, -0.2) is 20.2 Å². The van der Waals surface area contributed by atoms with Crippen LogP contribution in [0.4, 0.5) is 0 Å². The summed E-state index contributed by atoms with van der Waals surface area (Å²) in [6, 6.07) is 9.05. The van der Waals surface area contributed by atoms with Crippen molar-refractivity contribution in [1.29, 1.82) is 0 Å². The van der Waals surface area contributed by atoms with Gasteiger partial charge in [0, 0.05) is 6.04 Å². The molecule has 2 nitrogen and oxygen atoms in total. The molecule has 0 aromatic heterocycles. The Morgan fingerprint density at radius 1 is 1.22 bits per heavy atom. The van der Waals surface area contributed by atoms with E-state index in [1.54, 1.807) is 7.11 Å². The molecule has 1 aromatic rings. The number of ether oxygens (including phenoxy) is 1. The first-order valence-corrected chi connectivity index (χ1v) is 6.98. The maximum absolute atomic E-state index is 5.20. The van der Waals surface area contributed by atoms with Gasteiger partial charge in [0.05, 0.1) is 7.11 Å². The highest BCUT2D eigenvalue weighted by atomic mass is 16.5. The van der Waals surface area contributed by atoms with E-state index >= 15 is 0 Å². The minimum absolute atomic E-state index is 0.467. The van der Waals surface area contributed by atoms with Gasteiger partial charge in [0.15, 0.2) is 0 Å². The number of methoxy groups -OCH3 is 1. The summed E-state index contributed by atoms with van der Waals surface area (Å²) < 4.78 is 5.20. The number of hydrogen-bond acceptors (Lipinski definition) is 2. The zero-order chi connectivity index (χ0) is 13.0. The smallest absolute Gasteiger partial charge is 0.118 e. The molecule has 1 unspecified atom stereocenters. The highest BCUT2D eigenvalue weighted by Crippen LogP contribution is 2.41. The Morgan fingerprint density at radius 2 is 1.83 bits per heavy atom. The number of likely N-dealkylation sites (N-methyl/N-ethyl adjacent to an activating group) is 1. The Labute approximate surface area is 111 Å². The lowest BCUT2D eigenvalue weighted by Crippen LogP contribution is -2.41. The first-order valence-electron chi connectivity index (χ1n) is 6.98. The topological polar surface area (TPSA) is 21.3 Å². The molecule has 2 rings (SSSR count). The van der Waals surface area contributed by atoms with Crippen LogP contribution in [0.2, 0.25) is 0 Å². The molecule has 0 aliphatic heterocycles. The molecule has 0 heterocycles. The molecule has 0 radical (unpaired) electrons. The Bertz CT molecular complexity index is 365. The van der Waals surface area contributed by atoms with Crippen LogP contribution in [0.15, 0.2) is 24.3 Å². The molecule has 1 aromatic carbocycles. The maximum atomic E-state index is 5.20. The summed E-state index contributed by atoms with van der Waals surface area (Å²) in [5.41, 5.74) is 1.86. The van der Waals surface area contributed by atoms with Crippen LogP contribution in [0.25, 0.3) is 0 Å². The fraction of sp³-hybridized carbons (Fsp3) is 0.625. The lowest BCUT2D eigenvalue weighted by molar-refractivity contribution is 0.229. The Morgan fingerprint density at radius 3 is 2.33 bits per heavy atom. The molecule has 18 heavy (non-hydrogen) atoms. The van der Waals surface area contributed by atoms with E-state index in [2.05, 4.69) is 43.6 Å². The van der Waals surface area contributed by atoms with Crippen molar-refractivity contribution in [2.24, 2.45) is 5.41 Å². The van der Waals surface area contributed by atoms with Crippen LogP contribution in [-0.2, 0) is 6.42 Å². The predicted octanol–water partition coefficient (Wildman–Crippen LogP) is 3.41. The average Bonchev–Trinajstić information content (AvgIpc) is 2.84. The van der Waals surface area contributed by atoms with E-state index < -0.39 is 0 Å². The average molecular weight is 247 g/mol. The second-order valence-corrected chi connectivity index (χ2v) is 5.75. The molecule has 0 spiro atoms. The van der Waals surface area contributed by atoms with Crippen LogP contribution in [0.5, 0.6) is 5.75 Å². The molecule has 100 valence electrons. The van der Waals surface area contributed by atoms with Crippen LogP contribution >= 0.6 is 0 Å². The van der Waals surface area contributed by atoms with Crippen molar-refractivity contribution in [2.45, 2.75) is 45.1 Å². The molecule has 1 N–H and O–H groups in total. The van der Waals surface area contributed by atoms with E-state index in [9.17, 15) is 0 Å². The van der Waals surface area contributed by atoms with Gasteiger partial charge < -0.3 is 10.1 Å². The second kappa shape index (κ2) is 5.75. The van der Waals surface area contributed by atoms with Crippen LogP contribution in [0, 0.1) is 5.41 Å². The zero-order valence-electron chi connectivity index (χ0n) is 11.8. The Hall–Kier alpha value is -1.02. The van der Waals surface area contributed by atoms with Gasteiger partial charge in [-0.1, -0.05) is 31.9 Å². The maximum Gasteiger partial charge on any atom is 0.118 e. The highest BCUT2D eigenvalue weighted by Gasteiger charge is 2.35. The van der Waals surface area contributed by atoms with Crippen molar-refractivity contribution in [1.82, 2.24) is 5.32 Å². The third kappa shape index (κ3) is 2.86. The van der Waals surface area contributed by atoms with Gasteiger partial charge in [0.25, 0.3) is 0 Å². The number of benzene rings is 1. The van der Waals surface area contributed by atoms with E-state index in [0.717, 1.165) is 12.2 Å². The Balaban J connectivity index is 2.05. The first-order chi connectivity index (χ1) is 8.68. The van der Waals surface area contributed by atoms with Gasteiger partial charge in [-0.05, 0) is 49.4 Å². The summed E-state index contributed by atoms with van der Waals surface area (Å²) in [6.45, 7) is 2.44. The molecule has 1 atom stereocenters. The van der Waals surface area contributed by atoms with E-state index in [1.807, 2.05) is 0 Å². The number of rotatable bonds is 5. The SMILES string of the molecule is CNC(Cc1ccc(OC)cc1)C1(C)CCCC1. The minimum Gasteiger partial charge on any atom is -0.497 e. The second-order valence-electron chi connectivity index (χ2n) is 5.75. The third-order valence-electron chi connectivity index (χ3n) is 4.53. The van der Waals surface area contributed by atoms with Gasteiger partial charge in [-0.25, -0.2) is 0 Å². The van der Waals surface area contributed by atoms with E-state index in [0.29, 0.717) is 11.5 Å². The van der Waals surface area contributed by atoms with Crippen molar-refractivity contribution in [2.75, 3.05) is 14.2 Å². The number of nitrogens with one attached hydrogen (secondary N) is 1. The first kappa shape index (κ1) is 13.4. The fourth-order valence-electron chi connectivity index (χ4n) is 3.23. The molecular formula is C16H25NO. The lowest BCUT2D eigenvalue weighted by atomic mass is 9.78. The van der Waals surface area contributed by atoms with Crippen molar-refractivity contribution in [3.8, 4) is 5.75 Å². The Kier molecular flexibility index (Phi) is 4.28. The lowest BCUT2D eigenvalue weighted by Gasteiger charge is -2.34. The molecule has 1 fully saturated rings. The fourth-order valence-corrected chi connectivity index (χ4v) is 3.23. The molecule has 1 aliphatic rings. The predicted molar refractivity (Wildman–Crippen MR) is 76.1 cm³/mol. The summed E-state index contributed by atoms with van der Waals surface area (Å²) >= 11 is 0. The molecule has 1 saturated carbocycles. The molecule has 2 heteroatoms. The zero-order valence-corrected chi connectivity index (χ0v) is 11.8. The van der Waals surface area contributed by atoms with Gasteiger partial charge in [0.1, 0.15) is 5.75 Å². The standard InChI is InChI=1S/C16H25NO/c1-16(10-4-5-11-16)15(17-2)12-13-6-8-14(18-3)9-7-13/h6-9,15,17H,4-5,10-12H2,1-3H3. The van der Waals surface area contributed by atoms with Crippen LogP contribution < -0.4 is 10.1 Å². The summed E-state index contributed by atoms with van der Waals surface area (Å²) in [5, 5.41) is 3.53. The molecule has 0 amide bonds. The third-order valence-corrected chi connectivity index (χ3v) is 4.53. The van der Waals surface area contributed by atoms with Crippen molar-refractivity contribution < 1.29 is 4.74 Å². The molecule has 1 aliphatic carbocycles. The van der Waals surface area contributed by atoms with Gasteiger partial charge in [-0.3, -0.25) is 0 Å². The van der Waals surface area contributed by atoms with Crippen LogP contribution in [0.3, 0.4) is 0 Å². The molecular weight excluding hydrogens is 222 g/mol. The largest absolute Gasteiger partial charge is 0.497 e. The van der Waals surface area contributed by atoms with Gasteiger partial charge >= 0.3 is 0 Å². The number of hydrogen-bond donors (Lipinski definition) is 1. The van der Waals surface area contributed by atoms with Crippen molar-refractivity contribution in [3.63, 3.8) is 0 Å². The summed E-state index contributed by atoms with van der Waals surface area (Å²) in [7, 11) is 3.81.